The summed E-state index contributed by atoms with van der Waals surface area (Å²) in [6.07, 6.45) is 0. The Morgan fingerprint density at radius 2 is 2.00 bits per heavy atom. The first kappa shape index (κ1) is 19.7. The fourth-order valence-electron chi connectivity index (χ4n) is 2.83. The SMILES string of the molecule is CC(c1nnc(SCc2nc3ccsc3c(=O)[nH]2)n1-c1ccc(F)cc1)N(C)C. The number of nitrogens with zero attached hydrogens (tertiary/aromatic N) is 5. The lowest BCUT2D eigenvalue weighted by Crippen LogP contribution is -2.20. The van der Waals surface area contributed by atoms with Gasteiger partial charge in [-0.05, 0) is 56.7 Å². The lowest BCUT2D eigenvalue weighted by molar-refractivity contribution is 0.305. The molecule has 0 bridgehead atoms. The highest BCUT2D eigenvalue weighted by atomic mass is 32.2. The Balaban J connectivity index is 1.69. The number of H-pyrrole nitrogens is 1. The quantitative estimate of drug-likeness (QED) is 0.471. The van der Waals surface area contributed by atoms with E-state index in [1.54, 1.807) is 12.1 Å². The predicted octanol–water partition coefficient (Wildman–Crippen LogP) is 3.62. The number of aromatic nitrogens is 5. The number of aromatic amines is 1. The van der Waals surface area contributed by atoms with Crippen molar-refractivity contribution in [3.63, 3.8) is 0 Å². The molecular formula is C19H19FN6OS2. The zero-order chi connectivity index (χ0) is 20.5. The molecule has 0 amide bonds. The largest absolute Gasteiger partial charge is 0.309 e. The maximum Gasteiger partial charge on any atom is 0.268 e. The fraction of sp³-hybridized carbons (Fsp3) is 0.263. The fourth-order valence-corrected chi connectivity index (χ4v) is 4.39. The van der Waals surface area contributed by atoms with Crippen LogP contribution in [-0.2, 0) is 5.75 Å². The number of hydrogen-bond donors (Lipinski definition) is 1. The zero-order valence-electron chi connectivity index (χ0n) is 16.1. The Morgan fingerprint density at radius 1 is 1.24 bits per heavy atom. The summed E-state index contributed by atoms with van der Waals surface area (Å²) in [5.74, 6) is 1.45. The minimum Gasteiger partial charge on any atom is -0.309 e. The first-order valence-corrected chi connectivity index (χ1v) is 10.8. The van der Waals surface area contributed by atoms with Crippen molar-refractivity contribution in [1.29, 1.82) is 0 Å². The van der Waals surface area contributed by atoms with E-state index in [0.29, 0.717) is 27.0 Å². The molecule has 0 radical (unpaired) electrons. The number of nitrogens with one attached hydrogen (secondary N) is 1. The van der Waals surface area contributed by atoms with Gasteiger partial charge in [0.05, 0.1) is 17.3 Å². The van der Waals surface area contributed by atoms with Crippen LogP contribution in [0, 0.1) is 5.82 Å². The summed E-state index contributed by atoms with van der Waals surface area (Å²) in [6, 6.07) is 8.07. The molecule has 0 saturated carbocycles. The van der Waals surface area contributed by atoms with Gasteiger partial charge >= 0.3 is 0 Å². The summed E-state index contributed by atoms with van der Waals surface area (Å²) in [5, 5.41) is 11.2. The molecule has 0 saturated heterocycles. The summed E-state index contributed by atoms with van der Waals surface area (Å²) >= 11 is 2.79. The van der Waals surface area contributed by atoms with Gasteiger partial charge in [0.25, 0.3) is 5.56 Å². The molecule has 0 aliphatic heterocycles. The van der Waals surface area contributed by atoms with Gasteiger partial charge in [-0.25, -0.2) is 9.37 Å². The minimum atomic E-state index is -0.302. The predicted molar refractivity (Wildman–Crippen MR) is 113 cm³/mol. The summed E-state index contributed by atoms with van der Waals surface area (Å²) in [6.45, 7) is 2.03. The molecule has 0 aliphatic rings. The van der Waals surface area contributed by atoms with E-state index in [4.69, 9.17) is 0 Å². The van der Waals surface area contributed by atoms with Crippen LogP contribution < -0.4 is 5.56 Å². The molecule has 0 aliphatic carbocycles. The van der Waals surface area contributed by atoms with Crippen LogP contribution >= 0.6 is 23.1 Å². The summed E-state index contributed by atoms with van der Waals surface area (Å²) in [5.41, 5.74) is 1.33. The normalized spacial score (nSPS) is 12.7. The van der Waals surface area contributed by atoms with Crippen molar-refractivity contribution < 1.29 is 4.39 Å². The summed E-state index contributed by atoms with van der Waals surface area (Å²) in [7, 11) is 3.93. The number of hydrogen-bond acceptors (Lipinski definition) is 7. The third-order valence-electron chi connectivity index (χ3n) is 4.59. The molecule has 1 unspecified atom stereocenters. The van der Waals surface area contributed by atoms with Crippen LogP contribution in [0.1, 0.15) is 24.6 Å². The van der Waals surface area contributed by atoms with Gasteiger partial charge < -0.3 is 4.98 Å². The van der Waals surface area contributed by atoms with Crippen molar-refractivity contribution in [3.05, 3.63) is 63.5 Å². The lowest BCUT2D eigenvalue weighted by Gasteiger charge is -2.20. The Bertz CT molecular complexity index is 1200. The van der Waals surface area contributed by atoms with Gasteiger partial charge in [-0.3, -0.25) is 14.3 Å². The maximum atomic E-state index is 13.4. The number of rotatable bonds is 6. The molecule has 1 aromatic carbocycles. The number of fused-ring (bicyclic) bond motifs is 1. The number of halogens is 1. The van der Waals surface area contributed by atoms with E-state index in [1.807, 2.05) is 41.9 Å². The van der Waals surface area contributed by atoms with E-state index in [2.05, 4.69) is 20.2 Å². The first-order valence-electron chi connectivity index (χ1n) is 8.91. The van der Waals surface area contributed by atoms with E-state index < -0.39 is 0 Å². The molecule has 150 valence electrons. The second-order valence-electron chi connectivity index (χ2n) is 6.73. The molecule has 10 heteroatoms. The molecule has 3 heterocycles. The van der Waals surface area contributed by atoms with Crippen LogP contribution in [0.25, 0.3) is 15.9 Å². The molecule has 4 aromatic rings. The average molecular weight is 431 g/mol. The molecule has 4 rings (SSSR count). The first-order chi connectivity index (χ1) is 13.9. The second kappa shape index (κ2) is 8.05. The Hall–Kier alpha value is -2.56. The molecule has 7 nitrogen and oxygen atoms in total. The Morgan fingerprint density at radius 3 is 2.72 bits per heavy atom. The van der Waals surface area contributed by atoms with Crippen molar-refractivity contribution in [1.82, 2.24) is 29.6 Å². The Kier molecular flexibility index (Phi) is 5.48. The van der Waals surface area contributed by atoms with Crippen molar-refractivity contribution in [2.75, 3.05) is 14.1 Å². The monoisotopic (exact) mass is 430 g/mol. The third-order valence-corrected chi connectivity index (χ3v) is 6.44. The van der Waals surface area contributed by atoms with E-state index in [-0.39, 0.29) is 17.4 Å². The van der Waals surface area contributed by atoms with Crippen LogP contribution in [0.4, 0.5) is 4.39 Å². The third kappa shape index (κ3) is 3.96. The van der Waals surface area contributed by atoms with Crippen LogP contribution in [0.5, 0.6) is 0 Å². The highest BCUT2D eigenvalue weighted by Crippen LogP contribution is 2.28. The molecule has 29 heavy (non-hydrogen) atoms. The topological polar surface area (TPSA) is 79.7 Å². The maximum absolute atomic E-state index is 13.4. The van der Waals surface area contributed by atoms with Crippen molar-refractivity contribution in [2.24, 2.45) is 0 Å². The smallest absolute Gasteiger partial charge is 0.268 e. The van der Waals surface area contributed by atoms with Crippen LogP contribution in [0.3, 0.4) is 0 Å². The van der Waals surface area contributed by atoms with E-state index >= 15 is 0 Å². The molecule has 3 aromatic heterocycles. The van der Waals surface area contributed by atoms with Gasteiger partial charge in [0.2, 0.25) is 0 Å². The highest BCUT2D eigenvalue weighted by Gasteiger charge is 2.21. The second-order valence-corrected chi connectivity index (χ2v) is 8.59. The minimum absolute atomic E-state index is 0.00184. The van der Waals surface area contributed by atoms with Gasteiger partial charge in [0.15, 0.2) is 11.0 Å². The number of thiophene rings is 1. The van der Waals surface area contributed by atoms with Crippen molar-refractivity contribution in [2.45, 2.75) is 23.9 Å². The van der Waals surface area contributed by atoms with E-state index in [1.165, 1.54) is 35.2 Å². The standard InChI is InChI=1S/C19H19FN6OS2/c1-11(25(2)3)17-23-24-19(26(17)13-6-4-12(20)5-7-13)29-10-15-21-14-8-9-28-16(14)18(27)22-15/h4-9,11H,10H2,1-3H3,(H,21,22,27). The summed E-state index contributed by atoms with van der Waals surface area (Å²) < 4.78 is 16.0. The molecular weight excluding hydrogens is 411 g/mol. The van der Waals surface area contributed by atoms with Gasteiger partial charge in [-0.15, -0.1) is 21.5 Å². The van der Waals surface area contributed by atoms with Gasteiger partial charge in [-0.1, -0.05) is 11.8 Å². The average Bonchev–Trinajstić information content (AvgIpc) is 3.33. The van der Waals surface area contributed by atoms with Crippen LogP contribution in [-0.4, -0.2) is 43.7 Å². The molecule has 0 fully saturated rings. The lowest BCUT2D eigenvalue weighted by atomic mass is 10.2. The molecule has 0 spiro atoms. The number of benzene rings is 1. The molecule has 1 atom stereocenters. The van der Waals surface area contributed by atoms with Gasteiger partial charge in [0, 0.05) is 5.69 Å². The Labute approximate surface area is 174 Å². The van der Waals surface area contributed by atoms with Crippen molar-refractivity contribution >= 4 is 33.3 Å². The molecule has 1 N–H and O–H groups in total. The van der Waals surface area contributed by atoms with E-state index in [9.17, 15) is 9.18 Å². The summed E-state index contributed by atoms with van der Waals surface area (Å²) in [4.78, 5) is 21.6. The highest BCUT2D eigenvalue weighted by molar-refractivity contribution is 7.98. The van der Waals surface area contributed by atoms with Gasteiger partial charge in [0.1, 0.15) is 16.3 Å². The van der Waals surface area contributed by atoms with Crippen LogP contribution in [0.15, 0.2) is 45.7 Å². The van der Waals surface area contributed by atoms with Gasteiger partial charge in [-0.2, -0.15) is 0 Å². The number of thioether (sulfide) groups is 1. The van der Waals surface area contributed by atoms with Crippen LogP contribution in [0.2, 0.25) is 0 Å². The van der Waals surface area contributed by atoms with Crippen molar-refractivity contribution in [3.8, 4) is 5.69 Å². The zero-order valence-corrected chi connectivity index (χ0v) is 17.7. The van der Waals surface area contributed by atoms with E-state index in [0.717, 1.165) is 11.5 Å².